The van der Waals surface area contributed by atoms with E-state index in [0.717, 1.165) is 12.5 Å². The second-order valence-corrected chi connectivity index (χ2v) is 5.72. The van der Waals surface area contributed by atoms with Crippen LogP contribution in [0.25, 0.3) is 0 Å². The summed E-state index contributed by atoms with van der Waals surface area (Å²) in [6.45, 7) is 3.32. The van der Waals surface area contributed by atoms with Gasteiger partial charge in [-0.2, -0.15) is 0 Å². The van der Waals surface area contributed by atoms with E-state index in [0.29, 0.717) is 6.04 Å². The Bertz CT molecular complexity index is 272. The van der Waals surface area contributed by atoms with Crippen LogP contribution < -0.4 is 0 Å². The number of likely N-dealkylation sites (tertiary alicyclic amines) is 2. The molecular formula is C13H25N3O. The number of hydrogen-bond acceptors (Lipinski definition) is 2. The lowest BCUT2D eigenvalue weighted by molar-refractivity contribution is 0.119. The van der Waals surface area contributed by atoms with Gasteiger partial charge in [-0.1, -0.05) is 0 Å². The predicted molar refractivity (Wildman–Crippen MR) is 69.0 cm³/mol. The SMILES string of the molecule is CN1CCC([C@@H]2CCCN2C(=O)N(C)C)CC1. The molecule has 2 aliphatic rings. The van der Waals surface area contributed by atoms with Crippen molar-refractivity contribution in [2.75, 3.05) is 40.8 Å². The third kappa shape index (κ3) is 2.73. The Labute approximate surface area is 105 Å². The quantitative estimate of drug-likeness (QED) is 0.693. The first kappa shape index (κ1) is 12.7. The molecule has 0 radical (unpaired) electrons. The van der Waals surface area contributed by atoms with Crippen molar-refractivity contribution in [2.24, 2.45) is 5.92 Å². The highest BCUT2D eigenvalue weighted by molar-refractivity contribution is 5.74. The van der Waals surface area contributed by atoms with Gasteiger partial charge in [-0.3, -0.25) is 0 Å². The van der Waals surface area contributed by atoms with Gasteiger partial charge in [0.2, 0.25) is 0 Å². The minimum atomic E-state index is 0.200. The van der Waals surface area contributed by atoms with Crippen LogP contribution in [0.5, 0.6) is 0 Å². The summed E-state index contributed by atoms with van der Waals surface area (Å²) in [6.07, 6.45) is 4.88. The first-order chi connectivity index (χ1) is 8.09. The molecule has 2 rings (SSSR count). The van der Waals surface area contributed by atoms with Crippen molar-refractivity contribution in [3.8, 4) is 0 Å². The van der Waals surface area contributed by atoms with Crippen LogP contribution in [0.4, 0.5) is 4.79 Å². The fraction of sp³-hybridized carbons (Fsp3) is 0.923. The van der Waals surface area contributed by atoms with Crippen LogP contribution in [0.1, 0.15) is 25.7 Å². The lowest BCUT2D eigenvalue weighted by atomic mass is 9.88. The second-order valence-electron chi connectivity index (χ2n) is 5.72. The highest BCUT2D eigenvalue weighted by Crippen LogP contribution is 2.31. The Hall–Kier alpha value is -0.770. The van der Waals surface area contributed by atoms with E-state index >= 15 is 0 Å². The van der Waals surface area contributed by atoms with Crippen molar-refractivity contribution >= 4 is 6.03 Å². The normalized spacial score (nSPS) is 27.5. The van der Waals surface area contributed by atoms with Crippen LogP contribution in [-0.4, -0.2) is 67.5 Å². The number of piperidine rings is 1. The van der Waals surface area contributed by atoms with E-state index in [1.165, 1.54) is 38.8 Å². The number of amides is 2. The van der Waals surface area contributed by atoms with Crippen LogP contribution in [0.3, 0.4) is 0 Å². The summed E-state index contributed by atoms with van der Waals surface area (Å²) >= 11 is 0. The maximum Gasteiger partial charge on any atom is 0.319 e. The number of rotatable bonds is 1. The molecule has 2 amide bonds. The average Bonchev–Trinajstić information content (AvgIpc) is 2.77. The molecular weight excluding hydrogens is 214 g/mol. The third-order valence-corrected chi connectivity index (χ3v) is 4.23. The standard InChI is InChI=1S/C13H25N3O/c1-14(2)13(17)16-8-4-5-12(16)11-6-9-15(3)10-7-11/h11-12H,4-10H2,1-3H3/t12-/m0/s1. The third-order valence-electron chi connectivity index (χ3n) is 4.23. The van der Waals surface area contributed by atoms with E-state index in [2.05, 4.69) is 16.8 Å². The summed E-state index contributed by atoms with van der Waals surface area (Å²) in [5, 5.41) is 0. The van der Waals surface area contributed by atoms with Gasteiger partial charge < -0.3 is 14.7 Å². The maximum atomic E-state index is 12.1. The van der Waals surface area contributed by atoms with Gasteiger partial charge in [0.15, 0.2) is 0 Å². The summed E-state index contributed by atoms with van der Waals surface area (Å²) < 4.78 is 0. The zero-order valence-corrected chi connectivity index (χ0v) is 11.4. The molecule has 2 heterocycles. The van der Waals surface area contributed by atoms with Gasteiger partial charge in [0.1, 0.15) is 0 Å². The molecule has 0 unspecified atom stereocenters. The van der Waals surface area contributed by atoms with Gasteiger partial charge in [-0.15, -0.1) is 0 Å². The summed E-state index contributed by atoms with van der Waals surface area (Å²) in [6, 6.07) is 0.699. The van der Waals surface area contributed by atoms with Gasteiger partial charge in [0.05, 0.1) is 0 Å². The topological polar surface area (TPSA) is 26.8 Å². The first-order valence-electron chi connectivity index (χ1n) is 6.76. The molecule has 4 nitrogen and oxygen atoms in total. The van der Waals surface area contributed by atoms with Crippen molar-refractivity contribution in [1.82, 2.24) is 14.7 Å². The number of carbonyl (C=O) groups excluding carboxylic acids is 1. The zero-order valence-electron chi connectivity index (χ0n) is 11.4. The largest absolute Gasteiger partial charge is 0.331 e. The van der Waals surface area contributed by atoms with Gasteiger partial charge >= 0.3 is 6.03 Å². The molecule has 0 aromatic heterocycles. The van der Waals surface area contributed by atoms with E-state index < -0.39 is 0 Å². The summed E-state index contributed by atoms with van der Waals surface area (Å²) in [7, 11) is 5.90. The molecule has 1 atom stereocenters. The highest BCUT2D eigenvalue weighted by Gasteiger charge is 2.36. The number of urea groups is 1. The van der Waals surface area contributed by atoms with Crippen LogP contribution in [0.2, 0.25) is 0 Å². The summed E-state index contributed by atoms with van der Waals surface area (Å²) in [5.74, 6) is 0.720. The molecule has 0 saturated carbocycles. The van der Waals surface area contributed by atoms with E-state index in [1.807, 2.05) is 14.1 Å². The maximum absolute atomic E-state index is 12.1. The molecule has 0 N–H and O–H groups in total. The Morgan fingerprint density at radius 2 is 1.76 bits per heavy atom. The molecule has 2 aliphatic heterocycles. The molecule has 0 aromatic rings. The number of hydrogen-bond donors (Lipinski definition) is 0. The molecule has 0 aromatic carbocycles. The van der Waals surface area contributed by atoms with Gasteiger partial charge in [0, 0.05) is 26.7 Å². The summed E-state index contributed by atoms with van der Waals surface area (Å²) in [4.78, 5) is 18.3. The number of nitrogens with zero attached hydrogens (tertiary/aromatic N) is 3. The lowest BCUT2D eigenvalue weighted by Crippen LogP contribution is -2.47. The van der Waals surface area contributed by atoms with Crippen LogP contribution in [0.15, 0.2) is 0 Å². The number of carbonyl (C=O) groups is 1. The Morgan fingerprint density at radius 1 is 1.12 bits per heavy atom. The van der Waals surface area contributed by atoms with Crippen LogP contribution in [0, 0.1) is 5.92 Å². The second kappa shape index (κ2) is 5.25. The van der Waals surface area contributed by atoms with Gasteiger partial charge in [-0.25, -0.2) is 4.79 Å². The van der Waals surface area contributed by atoms with E-state index in [1.54, 1.807) is 4.90 Å². The molecule has 0 bridgehead atoms. The highest BCUT2D eigenvalue weighted by atomic mass is 16.2. The van der Waals surface area contributed by atoms with E-state index in [4.69, 9.17) is 0 Å². The smallest absolute Gasteiger partial charge is 0.319 e. The fourth-order valence-corrected chi connectivity index (χ4v) is 3.19. The Balaban J connectivity index is 1.97. The van der Waals surface area contributed by atoms with Gasteiger partial charge in [-0.05, 0) is 51.7 Å². The van der Waals surface area contributed by atoms with Crippen molar-refractivity contribution in [3.63, 3.8) is 0 Å². The molecule has 0 aliphatic carbocycles. The van der Waals surface area contributed by atoms with Crippen molar-refractivity contribution in [2.45, 2.75) is 31.7 Å². The minimum Gasteiger partial charge on any atom is -0.331 e. The molecule has 2 saturated heterocycles. The molecule has 17 heavy (non-hydrogen) atoms. The lowest BCUT2D eigenvalue weighted by Gasteiger charge is -2.37. The average molecular weight is 239 g/mol. The van der Waals surface area contributed by atoms with Crippen molar-refractivity contribution in [3.05, 3.63) is 0 Å². The minimum absolute atomic E-state index is 0.200. The molecule has 0 spiro atoms. The Morgan fingerprint density at radius 3 is 2.35 bits per heavy atom. The Kier molecular flexibility index (Phi) is 3.92. The predicted octanol–water partition coefficient (Wildman–Crippen LogP) is 1.47. The van der Waals surface area contributed by atoms with E-state index in [-0.39, 0.29) is 6.03 Å². The monoisotopic (exact) mass is 239 g/mol. The fourth-order valence-electron chi connectivity index (χ4n) is 3.19. The van der Waals surface area contributed by atoms with Crippen molar-refractivity contribution in [1.29, 1.82) is 0 Å². The van der Waals surface area contributed by atoms with Crippen LogP contribution >= 0.6 is 0 Å². The van der Waals surface area contributed by atoms with Gasteiger partial charge in [0.25, 0.3) is 0 Å². The molecule has 4 heteroatoms. The van der Waals surface area contributed by atoms with Crippen molar-refractivity contribution < 1.29 is 4.79 Å². The first-order valence-corrected chi connectivity index (χ1v) is 6.76. The van der Waals surface area contributed by atoms with Crippen LogP contribution in [-0.2, 0) is 0 Å². The van der Waals surface area contributed by atoms with E-state index in [9.17, 15) is 4.79 Å². The molecule has 2 fully saturated rings. The molecule has 98 valence electrons. The summed E-state index contributed by atoms with van der Waals surface area (Å²) in [5.41, 5.74) is 0. The zero-order chi connectivity index (χ0) is 12.4.